The predicted molar refractivity (Wildman–Crippen MR) is 98.6 cm³/mol. The van der Waals surface area contributed by atoms with E-state index in [0.717, 1.165) is 32.7 Å². The molecule has 0 fully saturated rings. The smallest absolute Gasteiger partial charge is 0.119 e. The first kappa shape index (κ1) is 14.6. The van der Waals surface area contributed by atoms with Crippen molar-refractivity contribution in [1.29, 1.82) is 0 Å². The van der Waals surface area contributed by atoms with Crippen LogP contribution in [-0.2, 0) is 12.8 Å². The highest BCUT2D eigenvalue weighted by atomic mass is 16.3. The molecule has 2 nitrogen and oxygen atoms in total. The van der Waals surface area contributed by atoms with Crippen LogP contribution in [0.25, 0.3) is 21.5 Å². The molecule has 0 aliphatic rings. The molecule has 0 amide bonds. The number of phenolic OH excluding ortho intramolecular Hbond substituents is 2. The molecule has 0 unspecified atom stereocenters. The first-order valence-corrected chi connectivity index (χ1v) is 8.12. The van der Waals surface area contributed by atoms with Gasteiger partial charge in [0.25, 0.3) is 0 Å². The van der Waals surface area contributed by atoms with Crippen molar-refractivity contribution in [2.24, 2.45) is 0 Å². The molecule has 0 aromatic heterocycles. The molecule has 0 aliphatic carbocycles. The van der Waals surface area contributed by atoms with E-state index in [9.17, 15) is 10.2 Å². The molecule has 118 valence electrons. The fourth-order valence-corrected chi connectivity index (χ4v) is 3.22. The van der Waals surface area contributed by atoms with Gasteiger partial charge in [-0.05, 0) is 69.8 Å². The molecule has 4 rings (SSSR count). The van der Waals surface area contributed by atoms with E-state index in [2.05, 4.69) is 0 Å². The van der Waals surface area contributed by atoms with Gasteiger partial charge in [-0.25, -0.2) is 0 Å². The van der Waals surface area contributed by atoms with Gasteiger partial charge in [0.1, 0.15) is 11.5 Å². The quantitative estimate of drug-likeness (QED) is 0.546. The van der Waals surface area contributed by atoms with Crippen LogP contribution in [0.4, 0.5) is 0 Å². The van der Waals surface area contributed by atoms with Gasteiger partial charge in [-0.1, -0.05) is 48.5 Å². The highest BCUT2D eigenvalue weighted by Gasteiger charge is 2.08. The van der Waals surface area contributed by atoms with Crippen LogP contribution in [0.2, 0.25) is 0 Å². The van der Waals surface area contributed by atoms with E-state index in [4.69, 9.17) is 0 Å². The van der Waals surface area contributed by atoms with Gasteiger partial charge in [-0.15, -0.1) is 0 Å². The van der Waals surface area contributed by atoms with Crippen LogP contribution in [0.1, 0.15) is 11.1 Å². The molecule has 4 aromatic rings. The van der Waals surface area contributed by atoms with E-state index in [-0.39, 0.29) is 0 Å². The van der Waals surface area contributed by atoms with Gasteiger partial charge in [-0.2, -0.15) is 0 Å². The van der Waals surface area contributed by atoms with Crippen molar-refractivity contribution in [1.82, 2.24) is 0 Å². The van der Waals surface area contributed by atoms with E-state index < -0.39 is 0 Å². The number of phenols is 2. The second-order valence-corrected chi connectivity index (χ2v) is 6.16. The monoisotopic (exact) mass is 314 g/mol. The molecule has 4 aromatic carbocycles. The molecule has 2 N–H and O–H groups in total. The number of hydrogen-bond donors (Lipinski definition) is 2. The largest absolute Gasteiger partial charge is 0.508 e. The summed E-state index contributed by atoms with van der Waals surface area (Å²) >= 11 is 0. The standard InChI is InChI=1S/C22H18O2/c23-21-13-17-7-3-1-5-15(17)11-19(21)9-10-20-12-16-6-2-4-8-18(16)14-22(20)24/h1-8,11-14,23-24H,9-10H2. The van der Waals surface area contributed by atoms with Crippen LogP contribution in [0.3, 0.4) is 0 Å². The summed E-state index contributed by atoms with van der Waals surface area (Å²) in [4.78, 5) is 0. The fraction of sp³-hybridized carbons (Fsp3) is 0.0909. The molecular weight excluding hydrogens is 296 g/mol. The van der Waals surface area contributed by atoms with Crippen molar-refractivity contribution < 1.29 is 10.2 Å². The van der Waals surface area contributed by atoms with Crippen molar-refractivity contribution in [2.45, 2.75) is 12.8 Å². The van der Waals surface area contributed by atoms with E-state index >= 15 is 0 Å². The summed E-state index contributed by atoms with van der Waals surface area (Å²) in [5, 5.41) is 24.8. The molecule has 0 heterocycles. The lowest BCUT2D eigenvalue weighted by Crippen LogP contribution is -1.93. The molecule has 0 saturated carbocycles. The zero-order valence-electron chi connectivity index (χ0n) is 13.2. The number of fused-ring (bicyclic) bond motifs is 2. The maximum Gasteiger partial charge on any atom is 0.119 e. The van der Waals surface area contributed by atoms with E-state index in [0.29, 0.717) is 24.3 Å². The highest BCUT2D eigenvalue weighted by Crippen LogP contribution is 2.29. The molecule has 24 heavy (non-hydrogen) atoms. The predicted octanol–water partition coefficient (Wildman–Crippen LogP) is 5.19. The average Bonchev–Trinajstić information content (AvgIpc) is 2.60. The Labute approximate surface area is 140 Å². The second-order valence-electron chi connectivity index (χ2n) is 6.16. The van der Waals surface area contributed by atoms with Crippen molar-refractivity contribution in [3.05, 3.63) is 83.9 Å². The highest BCUT2D eigenvalue weighted by molar-refractivity contribution is 5.86. The minimum absolute atomic E-state index is 0.314. The van der Waals surface area contributed by atoms with Crippen LogP contribution in [-0.4, -0.2) is 10.2 Å². The van der Waals surface area contributed by atoms with Crippen molar-refractivity contribution in [3.8, 4) is 11.5 Å². The fourth-order valence-electron chi connectivity index (χ4n) is 3.22. The third-order valence-electron chi connectivity index (χ3n) is 4.56. The Balaban J connectivity index is 1.65. The SMILES string of the molecule is Oc1cc2ccccc2cc1CCc1cc2ccccc2cc1O. The lowest BCUT2D eigenvalue weighted by molar-refractivity contribution is 0.463. The molecule has 0 radical (unpaired) electrons. The van der Waals surface area contributed by atoms with Gasteiger partial charge in [0.05, 0.1) is 0 Å². The minimum atomic E-state index is 0.314. The topological polar surface area (TPSA) is 40.5 Å². The molecule has 0 aliphatic heterocycles. The molecule has 0 spiro atoms. The zero-order chi connectivity index (χ0) is 16.5. The Morgan fingerprint density at radius 2 is 0.833 bits per heavy atom. The third-order valence-corrected chi connectivity index (χ3v) is 4.56. The second kappa shape index (κ2) is 5.89. The van der Waals surface area contributed by atoms with Crippen molar-refractivity contribution in [3.63, 3.8) is 0 Å². The van der Waals surface area contributed by atoms with E-state index in [1.807, 2.05) is 72.8 Å². The summed E-state index contributed by atoms with van der Waals surface area (Å²) in [5.41, 5.74) is 1.81. The van der Waals surface area contributed by atoms with Crippen LogP contribution in [0.5, 0.6) is 11.5 Å². The Bertz CT molecular complexity index is 949. The Morgan fingerprint density at radius 1 is 0.500 bits per heavy atom. The first-order chi connectivity index (χ1) is 11.7. The summed E-state index contributed by atoms with van der Waals surface area (Å²) in [6, 6.07) is 23.7. The Kier molecular flexibility index (Phi) is 3.58. The van der Waals surface area contributed by atoms with Crippen LogP contribution >= 0.6 is 0 Å². The summed E-state index contributed by atoms with van der Waals surface area (Å²) in [7, 11) is 0. The summed E-state index contributed by atoms with van der Waals surface area (Å²) in [5.74, 6) is 0.628. The summed E-state index contributed by atoms with van der Waals surface area (Å²) in [6.07, 6.45) is 1.37. The number of aryl methyl sites for hydroxylation is 2. The molecular formula is C22H18O2. The molecule has 0 saturated heterocycles. The van der Waals surface area contributed by atoms with Gasteiger partial charge in [0.2, 0.25) is 0 Å². The lowest BCUT2D eigenvalue weighted by Gasteiger charge is -2.10. The van der Waals surface area contributed by atoms with Crippen molar-refractivity contribution in [2.75, 3.05) is 0 Å². The van der Waals surface area contributed by atoms with E-state index in [1.54, 1.807) is 0 Å². The molecule has 0 bridgehead atoms. The first-order valence-electron chi connectivity index (χ1n) is 8.12. The van der Waals surface area contributed by atoms with Crippen LogP contribution in [0.15, 0.2) is 72.8 Å². The maximum absolute atomic E-state index is 10.3. The van der Waals surface area contributed by atoms with E-state index in [1.165, 1.54) is 0 Å². The zero-order valence-corrected chi connectivity index (χ0v) is 13.2. The van der Waals surface area contributed by atoms with Gasteiger partial charge in [0.15, 0.2) is 0 Å². The number of benzene rings is 4. The van der Waals surface area contributed by atoms with Crippen LogP contribution < -0.4 is 0 Å². The van der Waals surface area contributed by atoms with Gasteiger partial charge >= 0.3 is 0 Å². The van der Waals surface area contributed by atoms with Gasteiger partial charge in [0, 0.05) is 0 Å². The number of hydrogen-bond acceptors (Lipinski definition) is 2. The normalized spacial score (nSPS) is 11.2. The van der Waals surface area contributed by atoms with Crippen LogP contribution in [0, 0.1) is 0 Å². The molecule has 0 atom stereocenters. The lowest BCUT2D eigenvalue weighted by atomic mass is 9.98. The Hall–Kier alpha value is -3.00. The molecule has 2 heteroatoms. The summed E-state index contributed by atoms with van der Waals surface area (Å²) in [6.45, 7) is 0. The number of rotatable bonds is 3. The Morgan fingerprint density at radius 3 is 1.21 bits per heavy atom. The van der Waals surface area contributed by atoms with Crippen molar-refractivity contribution >= 4 is 21.5 Å². The van der Waals surface area contributed by atoms with Gasteiger partial charge in [-0.3, -0.25) is 0 Å². The minimum Gasteiger partial charge on any atom is -0.508 e. The average molecular weight is 314 g/mol. The van der Waals surface area contributed by atoms with Gasteiger partial charge < -0.3 is 10.2 Å². The number of aromatic hydroxyl groups is 2. The summed E-state index contributed by atoms with van der Waals surface area (Å²) < 4.78 is 0. The maximum atomic E-state index is 10.3. The third kappa shape index (κ3) is 2.67.